The minimum absolute atomic E-state index is 0.0115. The van der Waals surface area contributed by atoms with E-state index in [4.69, 9.17) is 0 Å². The van der Waals surface area contributed by atoms with Crippen molar-refractivity contribution in [2.24, 2.45) is 0 Å². The summed E-state index contributed by atoms with van der Waals surface area (Å²) in [6.07, 6.45) is 0.330. The highest BCUT2D eigenvalue weighted by Gasteiger charge is 2.19. The van der Waals surface area contributed by atoms with Gasteiger partial charge < -0.3 is 9.80 Å². The molecule has 0 N–H and O–H groups in total. The quantitative estimate of drug-likeness (QED) is 0.703. The summed E-state index contributed by atoms with van der Waals surface area (Å²) in [5.74, 6) is 0.0616. The van der Waals surface area contributed by atoms with Crippen molar-refractivity contribution in [3.63, 3.8) is 0 Å². The second kappa shape index (κ2) is 9.91. The lowest BCUT2D eigenvalue weighted by Gasteiger charge is -2.28. The smallest absolute Gasteiger partial charge is 0.224 e. The largest absolute Gasteiger partial charge is 0.338 e. The van der Waals surface area contributed by atoms with Crippen LogP contribution in [0.4, 0.5) is 0 Å². The van der Waals surface area contributed by atoms with Crippen LogP contribution in [-0.2, 0) is 22.7 Å². The zero-order valence-electron chi connectivity index (χ0n) is 16.8. The van der Waals surface area contributed by atoms with E-state index in [2.05, 4.69) is 0 Å². The Balaban J connectivity index is 1.98. The fraction of sp³-hybridized carbons (Fsp3) is 0.391. The average molecular weight is 367 g/mol. The molecule has 2 aromatic rings. The van der Waals surface area contributed by atoms with Gasteiger partial charge in [-0.2, -0.15) is 0 Å². The second-order valence-electron chi connectivity index (χ2n) is 7.28. The van der Waals surface area contributed by atoms with Crippen LogP contribution in [0.3, 0.4) is 0 Å². The maximum Gasteiger partial charge on any atom is 0.224 e. The molecule has 4 heteroatoms. The molecule has 27 heavy (non-hydrogen) atoms. The molecule has 0 aromatic heterocycles. The van der Waals surface area contributed by atoms with Crippen LogP contribution in [0.25, 0.3) is 0 Å². The lowest BCUT2D eigenvalue weighted by Crippen LogP contribution is -2.39. The van der Waals surface area contributed by atoms with Gasteiger partial charge in [-0.05, 0) is 31.9 Å². The summed E-state index contributed by atoms with van der Waals surface area (Å²) >= 11 is 0. The van der Waals surface area contributed by atoms with Crippen LogP contribution >= 0.6 is 0 Å². The van der Waals surface area contributed by atoms with Crippen LogP contribution in [0.15, 0.2) is 54.6 Å². The average Bonchev–Trinajstić information content (AvgIpc) is 2.64. The molecule has 0 atom stereocenters. The number of nitrogens with zero attached hydrogens (tertiary/aromatic N) is 2. The van der Waals surface area contributed by atoms with E-state index in [-0.39, 0.29) is 17.9 Å². The fourth-order valence-electron chi connectivity index (χ4n) is 2.97. The third-order valence-electron chi connectivity index (χ3n) is 4.67. The highest BCUT2D eigenvalue weighted by molar-refractivity contribution is 5.78. The van der Waals surface area contributed by atoms with E-state index in [0.717, 1.165) is 11.1 Å². The topological polar surface area (TPSA) is 40.6 Å². The summed E-state index contributed by atoms with van der Waals surface area (Å²) in [7, 11) is 0. The number of amides is 2. The molecule has 0 saturated heterocycles. The van der Waals surface area contributed by atoms with Crippen LogP contribution in [0.2, 0.25) is 0 Å². The van der Waals surface area contributed by atoms with Gasteiger partial charge in [0, 0.05) is 39.0 Å². The standard InChI is InChI=1S/C23H30N2O2/c1-18(2)25(17-21-8-6-5-7-9-21)23(27)14-15-24(20(4)26)16-22-12-10-19(3)11-13-22/h5-13,18H,14-17H2,1-4H3. The molecule has 0 aliphatic carbocycles. The van der Waals surface area contributed by atoms with Crippen molar-refractivity contribution in [1.82, 2.24) is 9.80 Å². The van der Waals surface area contributed by atoms with Crippen molar-refractivity contribution in [2.75, 3.05) is 6.54 Å². The molecule has 0 spiro atoms. The van der Waals surface area contributed by atoms with Crippen molar-refractivity contribution in [3.8, 4) is 0 Å². The molecule has 0 radical (unpaired) electrons. The predicted molar refractivity (Wildman–Crippen MR) is 109 cm³/mol. The Bertz CT molecular complexity index is 739. The zero-order valence-corrected chi connectivity index (χ0v) is 16.8. The zero-order chi connectivity index (χ0) is 19.8. The van der Waals surface area contributed by atoms with E-state index in [1.165, 1.54) is 5.56 Å². The first-order valence-electron chi connectivity index (χ1n) is 9.51. The number of benzene rings is 2. The van der Waals surface area contributed by atoms with Crippen LogP contribution in [-0.4, -0.2) is 34.2 Å². The van der Waals surface area contributed by atoms with Gasteiger partial charge in [-0.3, -0.25) is 9.59 Å². The number of carbonyl (C=O) groups excluding carboxylic acids is 2. The molecule has 0 aliphatic rings. The molecule has 0 unspecified atom stereocenters. The number of carbonyl (C=O) groups is 2. The lowest BCUT2D eigenvalue weighted by atomic mass is 10.1. The summed E-state index contributed by atoms with van der Waals surface area (Å²) in [6.45, 7) is 9.20. The van der Waals surface area contributed by atoms with Crippen molar-refractivity contribution in [3.05, 3.63) is 71.3 Å². The summed E-state index contributed by atoms with van der Waals surface area (Å²) in [5, 5.41) is 0. The highest BCUT2D eigenvalue weighted by atomic mass is 16.2. The lowest BCUT2D eigenvalue weighted by molar-refractivity contribution is -0.135. The van der Waals surface area contributed by atoms with Crippen LogP contribution in [0.1, 0.15) is 43.9 Å². The van der Waals surface area contributed by atoms with Crippen molar-refractivity contribution < 1.29 is 9.59 Å². The molecule has 2 aromatic carbocycles. The Labute approximate surface area is 162 Å². The van der Waals surface area contributed by atoms with E-state index in [0.29, 0.717) is 26.1 Å². The Hall–Kier alpha value is -2.62. The van der Waals surface area contributed by atoms with E-state index in [1.54, 1.807) is 11.8 Å². The number of aryl methyl sites for hydroxylation is 1. The molecular weight excluding hydrogens is 336 g/mol. The second-order valence-corrected chi connectivity index (χ2v) is 7.28. The summed E-state index contributed by atoms with van der Waals surface area (Å²) < 4.78 is 0. The Morgan fingerprint density at radius 2 is 1.48 bits per heavy atom. The van der Waals surface area contributed by atoms with Gasteiger partial charge in [0.1, 0.15) is 0 Å². The molecule has 4 nitrogen and oxygen atoms in total. The van der Waals surface area contributed by atoms with Crippen LogP contribution in [0.5, 0.6) is 0 Å². The first kappa shape index (κ1) is 20.7. The third-order valence-corrected chi connectivity index (χ3v) is 4.67. The van der Waals surface area contributed by atoms with Gasteiger partial charge in [0.05, 0.1) is 0 Å². The first-order chi connectivity index (χ1) is 12.9. The molecule has 2 rings (SSSR count). The molecule has 0 heterocycles. The highest BCUT2D eigenvalue weighted by Crippen LogP contribution is 2.12. The van der Waals surface area contributed by atoms with Crippen molar-refractivity contribution in [2.45, 2.75) is 53.2 Å². The van der Waals surface area contributed by atoms with E-state index < -0.39 is 0 Å². The van der Waals surface area contributed by atoms with E-state index >= 15 is 0 Å². The van der Waals surface area contributed by atoms with Crippen LogP contribution < -0.4 is 0 Å². The maximum atomic E-state index is 12.8. The normalized spacial score (nSPS) is 10.7. The Kier molecular flexibility index (Phi) is 7.59. The molecule has 144 valence electrons. The van der Waals surface area contributed by atoms with Gasteiger partial charge in [-0.25, -0.2) is 0 Å². The fourth-order valence-corrected chi connectivity index (χ4v) is 2.97. The molecule has 0 aliphatic heterocycles. The third kappa shape index (κ3) is 6.55. The monoisotopic (exact) mass is 366 g/mol. The first-order valence-corrected chi connectivity index (χ1v) is 9.51. The van der Waals surface area contributed by atoms with Crippen LogP contribution in [0, 0.1) is 6.92 Å². The molecule has 0 fully saturated rings. The summed E-state index contributed by atoms with van der Waals surface area (Å²) in [5.41, 5.74) is 3.38. The minimum Gasteiger partial charge on any atom is -0.338 e. The number of rotatable bonds is 8. The van der Waals surface area contributed by atoms with Gasteiger partial charge >= 0.3 is 0 Å². The van der Waals surface area contributed by atoms with Gasteiger partial charge in [0.15, 0.2) is 0 Å². The molecule has 0 saturated carbocycles. The summed E-state index contributed by atoms with van der Waals surface area (Å²) in [6, 6.07) is 18.3. The maximum absolute atomic E-state index is 12.8. The molecular formula is C23H30N2O2. The van der Waals surface area contributed by atoms with E-state index in [9.17, 15) is 9.59 Å². The molecule has 0 bridgehead atoms. The Morgan fingerprint density at radius 1 is 0.889 bits per heavy atom. The minimum atomic E-state index is -0.0115. The molecule has 2 amide bonds. The SMILES string of the molecule is CC(=O)N(CCC(=O)N(Cc1ccccc1)C(C)C)Cc1ccc(C)cc1. The van der Waals surface area contributed by atoms with Gasteiger partial charge in [-0.1, -0.05) is 60.2 Å². The Morgan fingerprint density at radius 3 is 2.04 bits per heavy atom. The van der Waals surface area contributed by atoms with Gasteiger partial charge in [0.2, 0.25) is 11.8 Å². The van der Waals surface area contributed by atoms with Gasteiger partial charge in [-0.15, -0.1) is 0 Å². The van der Waals surface area contributed by atoms with Crippen molar-refractivity contribution >= 4 is 11.8 Å². The number of hydrogen-bond donors (Lipinski definition) is 0. The van der Waals surface area contributed by atoms with Gasteiger partial charge in [0.25, 0.3) is 0 Å². The predicted octanol–water partition coefficient (Wildman–Crippen LogP) is 4.17. The summed E-state index contributed by atoms with van der Waals surface area (Å²) in [4.78, 5) is 28.4. The van der Waals surface area contributed by atoms with E-state index in [1.807, 2.05) is 80.3 Å². The number of hydrogen-bond acceptors (Lipinski definition) is 2. The van der Waals surface area contributed by atoms with Crippen molar-refractivity contribution in [1.29, 1.82) is 0 Å².